The van der Waals surface area contributed by atoms with Crippen LogP contribution in [0.1, 0.15) is 23.7 Å². The summed E-state index contributed by atoms with van der Waals surface area (Å²) in [5.41, 5.74) is 1.50. The summed E-state index contributed by atoms with van der Waals surface area (Å²) in [6.45, 7) is 1.29. The second kappa shape index (κ2) is 8.82. The zero-order valence-electron chi connectivity index (χ0n) is 17.7. The van der Waals surface area contributed by atoms with Crippen molar-refractivity contribution >= 4 is 23.5 Å². The van der Waals surface area contributed by atoms with Gasteiger partial charge in [-0.2, -0.15) is 5.10 Å². The van der Waals surface area contributed by atoms with Gasteiger partial charge in [0.15, 0.2) is 0 Å². The number of hydrogen-bond donors (Lipinski definition) is 1. The summed E-state index contributed by atoms with van der Waals surface area (Å²) in [5, 5.41) is 7.85. The third-order valence-electron chi connectivity index (χ3n) is 5.54. The Balaban J connectivity index is 1.64. The average Bonchev–Trinajstić information content (AvgIpc) is 3.15. The Morgan fingerprint density at radius 3 is 2.62 bits per heavy atom. The van der Waals surface area contributed by atoms with Crippen LogP contribution >= 0.6 is 11.6 Å². The van der Waals surface area contributed by atoms with Crippen molar-refractivity contribution in [3.63, 3.8) is 0 Å². The van der Waals surface area contributed by atoms with Gasteiger partial charge in [-0.1, -0.05) is 48.9 Å². The topological polar surface area (TPSA) is 75.9 Å². The summed E-state index contributed by atoms with van der Waals surface area (Å²) in [6.07, 6.45) is 4.16. The summed E-state index contributed by atoms with van der Waals surface area (Å²) in [6, 6.07) is 8.74. The van der Waals surface area contributed by atoms with Gasteiger partial charge in [0, 0.05) is 31.8 Å². The quantitative estimate of drug-likeness (QED) is 0.619. The number of carbonyl (C=O) groups excluding carboxylic acids is 1. The van der Waals surface area contributed by atoms with E-state index in [9.17, 15) is 13.6 Å². The van der Waals surface area contributed by atoms with Crippen LogP contribution in [0.3, 0.4) is 0 Å². The molecule has 1 fully saturated rings. The summed E-state index contributed by atoms with van der Waals surface area (Å²) in [5.74, 6) is -3.58. The number of rotatable bonds is 5. The molecule has 0 bridgehead atoms. The van der Waals surface area contributed by atoms with Crippen molar-refractivity contribution in [3.05, 3.63) is 59.5 Å². The molecular formula is C22H23ClF2N6O. The Hall–Kier alpha value is -3.07. The minimum Gasteiger partial charge on any atom is -0.352 e. The van der Waals surface area contributed by atoms with Crippen LogP contribution in [0.5, 0.6) is 0 Å². The first-order chi connectivity index (χ1) is 15.2. The SMILES string of the molecule is C[C@@H]1CC(F)(F)CN(C(=O)c2cn(C)nc2-c2ccccc2)C1CNc1ncc(Cl)cn1. The highest BCUT2D eigenvalue weighted by atomic mass is 35.5. The first kappa shape index (κ1) is 22.1. The fourth-order valence-corrected chi connectivity index (χ4v) is 4.19. The highest BCUT2D eigenvalue weighted by Crippen LogP contribution is 2.36. The molecule has 1 N–H and O–H groups in total. The zero-order chi connectivity index (χ0) is 22.9. The van der Waals surface area contributed by atoms with Crippen molar-refractivity contribution in [1.82, 2.24) is 24.6 Å². The van der Waals surface area contributed by atoms with Gasteiger partial charge in [-0.3, -0.25) is 9.48 Å². The van der Waals surface area contributed by atoms with Crippen LogP contribution in [0.15, 0.2) is 48.9 Å². The molecule has 1 amide bonds. The molecule has 1 saturated heterocycles. The van der Waals surface area contributed by atoms with Crippen LogP contribution in [0.25, 0.3) is 11.3 Å². The Morgan fingerprint density at radius 2 is 1.94 bits per heavy atom. The molecule has 1 aliphatic rings. The normalized spacial score (nSPS) is 20.2. The standard InChI is InChI=1S/C22H23ClF2N6O/c1-14-8-22(24,25)13-31(18(14)11-28-21-26-9-16(23)10-27-21)20(32)17-12-30(2)29-19(17)15-6-4-3-5-7-15/h3-7,9-10,12,14,18H,8,11,13H2,1-2H3,(H,26,27,28)/t14-,18?/m1/s1. The van der Waals surface area contributed by atoms with Crippen molar-refractivity contribution < 1.29 is 13.6 Å². The number of benzene rings is 1. The Kier molecular flexibility index (Phi) is 6.10. The molecule has 3 aromatic rings. The molecule has 0 radical (unpaired) electrons. The van der Waals surface area contributed by atoms with Gasteiger partial charge in [0.25, 0.3) is 11.8 Å². The molecule has 1 aromatic carbocycles. The molecule has 3 heterocycles. The van der Waals surface area contributed by atoms with Gasteiger partial charge in [-0.15, -0.1) is 0 Å². The zero-order valence-corrected chi connectivity index (χ0v) is 18.4. The molecule has 4 rings (SSSR count). The molecule has 1 aliphatic heterocycles. The molecule has 0 aliphatic carbocycles. The average molecular weight is 461 g/mol. The van der Waals surface area contributed by atoms with Crippen molar-refractivity contribution in [1.29, 1.82) is 0 Å². The molecule has 32 heavy (non-hydrogen) atoms. The van der Waals surface area contributed by atoms with Crippen molar-refractivity contribution in [2.24, 2.45) is 13.0 Å². The maximum atomic E-state index is 14.5. The number of halogens is 3. The predicted molar refractivity (Wildman–Crippen MR) is 118 cm³/mol. The molecule has 1 unspecified atom stereocenters. The van der Waals surface area contributed by atoms with Gasteiger partial charge in [-0.05, 0) is 5.92 Å². The van der Waals surface area contributed by atoms with Crippen LogP contribution in [-0.4, -0.2) is 55.6 Å². The van der Waals surface area contributed by atoms with E-state index in [1.54, 1.807) is 20.2 Å². The number of anilines is 1. The lowest BCUT2D eigenvalue weighted by Crippen LogP contribution is -2.57. The van der Waals surface area contributed by atoms with E-state index in [0.29, 0.717) is 16.7 Å². The van der Waals surface area contributed by atoms with Crippen molar-refractivity contribution in [2.45, 2.75) is 25.3 Å². The van der Waals surface area contributed by atoms with E-state index in [1.165, 1.54) is 22.0 Å². The lowest BCUT2D eigenvalue weighted by molar-refractivity contribution is -0.0897. The number of nitrogens with zero attached hydrogens (tertiary/aromatic N) is 5. The highest BCUT2D eigenvalue weighted by molar-refractivity contribution is 6.30. The Bertz CT molecular complexity index is 1090. The number of hydrogen-bond acceptors (Lipinski definition) is 5. The molecule has 7 nitrogen and oxygen atoms in total. The number of amides is 1. The van der Waals surface area contributed by atoms with Gasteiger partial charge in [-0.25, -0.2) is 18.7 Å². The van der Waals surface area contributed by atoms with E-state index in [0.717, 1.165) is 5.56 Å². The van der Waals surface area contributed by atoms with Crippen LogP contribution in [0, 0.1) is 5.92 Å². The van der Waals surface area contributed by atoms with Crippen LogP contribution in [-0.2, 0) is 7.05 Å². The molecule has 2 atom stereocenters. The van der Waals surface area contributed by atoms with Gasteiger partial charge < -0.3 is 10.2 Å². The van der Waals surface area contributed by atoms with Gasteiger partial charge in [0.2, 0.25) is 5.95 Å². The monoisotopic (exact) mass is 460 g/mol. The summed E-state index contributed by atoms with van der Waals surface area (Å²) in [4.78, 5) is 23.0. The van der Waals surface area contributed by atoms with Crippen molar-refractivity contribution in [2.75, 3.05) is 18.4 Å². The predicted octanol–water partition coefficient (Wildman–Crippen LogP) is 4.13. The second-order valence-electron chi connectivity index (χ2n) is 8.07. The van der Waals surface area contributed by atoms with Crippen LogP contribution < -0.4 is 5.32 Å². The van der Waals surface area contributed by atoms with E-state index < -0.39 is 30.3 Å². The third kappa shape index (κ3) is 4.72. The fourth-order valence-electron chi connectivity index (χ4n) is 4.09. The summed E-state index contributed by atoms with van der Waals surface area (Å²) < 4.78 is 30.6. The van der Waals surface area contributed by atoms with E-state index >= 15 is 0 Å². The second-order valence-corrected chi connectivity index (χ2v) is 8.51. The molecule has 168 valence electrons. The van der Waals surface area contributed by atoms with Gasteiger partial charge in [0.1, 0.15) is 5.69 Å². The van der Waals surface area contributed by atoms with Crippen molar-refractivity contribution in [3.8, 4) is 11.3 Å². The Morgan fingerprint density at radius 1 is 1.25 bits per heavy atom. The minimum atomic E-state index is -2.97. The fraction of sp³-hybridized carbons (Fsp3) is 0.364. The first-order valence-electron chi connectivity index (χ1n) is 10.2. The van der Waals surface area contributed by atoms with E-state index in [-0.39, 0.29) is 18.5 Å². The number of aromatic nitrogens is 4. The minimum absolute atomic E-state index is 0.228. The number of aryl methyl sites for hydroxylation is 1. The van der Waals surface area contributed by atoms with Crippen LogP contribution in [0.2, 0.25) is 5.02 Å². The maximum absolute atomic E-state index is 14.5. The number of alkyl halides is 2. The summed E-state index contributed by atoms with van der Waals surface area (Å²) >= 11 is 5.82. The maximum Gasteiger partial charge on any atom is 0.265 e. The van der Waals surface area contributed by atoms with E-state index in [2.05, 4.69) is 20.4 Å². The molecular weight excluding hydrogens is 438 g/mol. The summed E-state index contributed by atoms with van der Waals surface area (Å²) in [7, 11) is 1.70. The lowest BCUT2D eigenvalue weighted by atomic mass is 9.87. The lowest BCUT2D eigenvalue weighted by Gasteiger charge is -2.43. The molecule has 10 heteroatoms. The largest absolute Gasteiger partial charge is 0.352 e. The Labute approximate surface area is 189 Å². The van der Waals surface area contributed by atoms with E-state index in [1.807, 2.05) is 30.3 Å². The number of carbonyl (C=O) groups is 1. The smallest absolute Gasteiger partial charge is 0.265 e. The van der Waals surface area contributed by atoms with Gasteiger partial charge in [0.05, 0.1) is 35.6 Å². The number of nitrogens with one attached hydrogen (secondary N) is 1. The highest BCUT2D eigenvalue weighted by Gasteiger charge is 2.46. The first-order valence-corrected chi connectivity index (χ1v) is 10.6. The number of piperidine rings is 1. The van der Waals surface area contributed by atoms with Gasteiger partial charge >= 0.3 is 0 Å². The number of likely N-dealkylation sites (tertiary alicyclic amines) is 1. The van der Waals surface area contributed by atoms with Crippen LogP contribution in [0.4, 0.5) is 14.7 Å². The van der Waals surface area contributed by atoms with E-state index in [4.69, 9.17) is 11.6 Å². The third-order valence-corrected chi connectivity index (χ3v) is 5.73. The molecule has 2 aromatic heterocycles. The molecule has 0 spiro atoms. The molecule has 0 saturated carbocycles.